The summed E-state index contributed by atoms with van der Waals surface area (Å²) in [5.41, 5.74) is 8.02. The van der Waals surface area contributed by atoms with Crippen LogP contribution in [0.3, 0.4) is 0 Å². The third-order valence-electron chi connectivity index (χ3n) is 17.5. The highest BCUT2D eigenvalue weighted by Crippen LogP contribution is 2.83. The molecule has 1 aromatic rings. The number of rotatable bonds is 6. The third-order valence-corrected chi connectivity index (χ3v) is 17.5. The van der Waals surface area contributed by atoms with Gasteiger partial charge in [-0.2, -0.15) is 0 Å². The predicted octanol–water partition coefficient (Wildman–Crippen LogP) is 5.60. The van der Waals surface area contributed by atoms with E-state index in [0.29, 0.717) is 48.0 Å². The highest BCUT2D eigenvalue weighted by molar-refractivity contribution is 6.02. The minimum absolute atomic E-state index is 0.0263. The molecule has 0 radical (unpaired) electrons. The molecular formula is C48H57N3O7. The van der Waals surface area contributed by atoms with Crippen molar-refractivity contribution < 1.29 is 34.8 Å². The van der Waals surface area contributed by atoms with Crippen LogP contribution in [0.15, 0.2) is 98.6 Å². The number of guanidine groups is 1. The molecule has 8 aliphatic carbocycles. The highest BCUT2D eigenvalue weighted by atomic mass is 16.4. The van der Waals surface area contributed by atoms with Crippen molar-refractivity contribution in [2.24, 2.45) is 73.6 Å². The Morgan fingerprint density at radius 3 is 2.38 bits per heavy atom. The normalized spacial score (nSPS) is 44.4. The quantitative estimate of drug-likeness (QED) is 0.0920. The molecule has 3 saturated carbocycles. The smallest absolute Gasteiger partial charge is 0.331 e. The average Bonchev–Trinajstić information content (AvgIpc) is 3.61. The summed E-state index contributed by atoms with van der Waals surface area (Å²) in [5, 5.41) is 51.5. The summed E-state index contributed by atoms with van der Waals surface area (Å²) in [6, 6.07) is 9.89. The second-order valence-electron chi connectivity index (χ2n) is 20.2. The molecule has 9 rings (SSSR count). The molecule has 1 aromatic carbocycles. The average molecular weight is 788 g/mol. The molecule has 58 heavy (non-hydrogen) atoms. The van der Waals surface area contributed by atoms with Gasteiger partial charge in [0.2, 0.25) is 0 Å². The Morgan fingerprint density at radius 2 is 1.72 bits per heavy atom. The van der Waals surface area contributed by atoms with E-state index in [0.717, 1.165) is 16.7 Å². The van der Waals surface area contributed by atoms with Crippen molar-refractivity contribution in [1.29, 1.82) is 0 Å². The minimum atomic E-state index is -1.82. The van der Waals surface area contributed by atoms with Crippen molar-refractivity contribution in [2.45, 2.75) is 97.4 Å². The van der Waals surface area contributed by atoms with Gasteiger partial charge in [0.1, 0.15) is 22.6 Å². The number of carboxylic acid groups (broad SMARTS) is 1. The molecule has 12 atom stereocenters. The fourth-order valence-corrected chi connectivity index (χ4v) is 15.2. The molecule has 3 fully saturated rings. The molecule has 10 heteroatoms. The first-order chi connectivity index (χ1) is 27.0. The maximum atomic E-state index is 15.5. The topological polar surface area (TPSA) is 197 Å². The van der Waals surface area contributed by atoms with Gasteiger partial charge in [0.05, 0.1) is 0 Å². The summed E-state index contributed by atoms with van der Waals surface area (Å²) < 4.78 is 0. The Balaban J connectivity index is 1.38. The molecule has 0 aromatic heterocycles. The summed E-state index contributed by atoms with van der Waals surface area (Å²) in [6.07, 6.45) is 11.0. The molecule has 10 nitrogen and oxygen atoms in total. The second kappa shape index (κ2) is 11.9. The van der Waals surface area contributed by atoms with E-state index in [-0.39, 0.29) is 36.1 Å². The third kappa shape index (κ3) is 4.39. The summed E-state index contributed by atoms with van der Waals surface area (Å²) >= 11 is 0. The molecule has 0 bridgehead atoms. The number of ketones is 2. The van der Waals surface area contributed by atoms with Gasteiger partial charge < -0.3 is 31.9 Å². The van der Waals surface area contributed by atoms with E-state index in [4.69, 9.17) is 11.5 Å². The molecule has 0 aliphatic heterocycles. The summed E-state index contributed by atoms with van der Waals surface area (Å²) in [6.45, 7) is 13.7. The van der Waals surface area contributed by atoms with E-state index < -0.39 is 79.9 Å². The molecule has 0 heterocycles. The minimum Gasteiger partial charge on any atom is -0.478 e. The van der Waals surface area contributed by atoms with Gasteiger partial charge in [-0.05, 0) is 89.4 Å². The number of nitrogens with zero attached hydrogens (tertiary/aromatic N) is 1. The molecule has 8 N–H and O–H groups in total. The SMILES string of the molecule is CC(=CC1(O)C2=CCC3=C2C2C(C(C)C1CN=C(N)N)C1(C)CC(=O)C4=C5C(O)(C=C(C3)C2(O)C51C)C(C=Cc1ccccc1)C1C(C)(C)C(=O)CCC41C)C(=O)O. The zero-order chi connectivity index (χ0) is 41.9. The number of Topliss-reactive ketones (excluding diaryl/α,β-unsaturated/α-hetero) is 2. The Bertz CT molecular complexity index is 2330. The van der Waals surface area contributed by atoms with Crippen LogP contribution >= 0.6 is 0 Å². The number of hydrogen-bond acceptors (Lipinski definition) is 7. The van der Waals surface area contributed by atoms with Gasteiger partial charge >= 0.3 is 5.97 Å². The van der Waals surface area contributed by atoms with E-state index >= 15 is 4.79 Å². The first-order valence-corrected chi connectivity index (χ1v) is 20.9. The Morgan fingerprint density at radius 1 is 1.03 bits per heavy atom. The van der Waals surface area contributed by atoms with Gasteiger partial charge in [0.25, 0.3) is 0 Å². The van der Waals surface area contributed by atoms with E-state index in [2.05, 4.69) is 31.8 Å². The van der Waals surface area contributed by atoms with Crippen LogP contribution in [0.1, 0.15) is 86.1 Å². The number of aliphatic hydroxyl groups is 3. The number of aliphatic imine (C=N–C) groups is 1. The fourth-order valence-electron chi connectivity index (χ4n) is 15.2. The number of allylic oxidation sites excluding steroid dienone is 3. The van der Waals surface area contributed by atoms with Gasteiger partial charge in [-0.15, -0.1) is 0 Å². The monoisotopic (exact) mass is 787 g/mol. The number of hydrogen-bond donors (Lipinski definition) is 6. The van der Waals surface area contributed by atoms with E-state index in [1.807, 2.05) is 69.3 Å². The van der Waals surface area contributed by atoms with Gasteiger partial charge in [0.15, 0.2) is 11.7 Å². The number of aliphatic carboxylic acids is 1. The van der Waals surface area contributed by atoms with Crippen LogP contribution in [0.5, 0.6) is 0 Å². The summed E-state index contributed by atoms with van der Waals surface area (Å²) in [4.78, 5) is 46.4. The van der Waals surface area contributed by atoms with Crippen molar-refractivity contribution in [2.75, 3.05) is 6.54 Å². The number of benzene rings is 1. The van der Waals surface area contributed by atoms with Crippen molar-refractivity contribution in [3.63, 3.8) is 0 Å². The fraction of sp³-hybridized carbons (Fsp3) is 0.542. The number of carbonyl (C=O) groups is 3. The summed E-state index contributed by atoms with van der Waals surface area (Å²) in [5.74, 6) is -4.63. The molecule has 0 saturated heterocycles. The van der Waals surface area contributed by atoms with Crippen LogP contribution in [-0.4, -0.2) is 67.3 Å². The van der Waals surface area contributed by atoms with Crippen LogP contribution in [0.25, 0.3) is 6.08 Å². The number of nitrogens with two attached hydrogens (primary N) is 2. The van der Waals surface area contributed by atoms with Crippen LogP contribution < -0.4 is 11.5 Å². The Kier molecular flexibility index (Phi) is 8.01. The highest BCUT2D eigenvalue weighted by Gasteiger charge is 2.84. The lowest BCUT2D eigenvalue weighted by atomic mass is 9.35. The summed E-state index contributed by atoms with van der Waals surface area (Å²) in [7, 11) is 0. The number of fused-ring (bicyclic) bond motifs is 3. The van der Waals surface area contributed by atoms with Gasteiger partial charge in [0, 0.05) is 64.5 Å². The van der Waals surface area contributed by atoms with Gasteiger partial charge in [-0.25, -0.2) is 4.79 Å². The maximum Gasteiger partial charge on any atom is 0.331 e. The maximum absolute atomic E-state index is 15.5. The molecule has 12 unspecified atom stereocenters. The zero-order valence-electron chi connectivity index (χ0n) is 34.6. The first-order valence-electron chi connectivity index (χ1n) is 20.9. The lowest BCUT2D eigenvalue weighted by molar-refractivity contribution is -0.164. The standard InChI is InChI=1S/C48H57N3O7/c1-24(40(54)55)20-46(56)29-16-14-27-19-28-21-47(57)30(15-13-26-11-9-8-10-12-26)38-42(3,4)33(53)17-18-43(38,5)36-32(52)22-44(6)35(25(2)31(46)23-51-41(49)50)37(34(27)29)48(28,58)45(44,7)39(36)47/h8-13,15-16,20-21,25,30-31,35,37-38,56-58H,14,17-19,22-23H2,1-7H3,(H,54,55)(H4,49,50,51). The van der Waals surface area contributed by atoms with E-state index in [9.17, 15) is 30.0 Å². The lowest BCUT2D eigenvalue weighted by Gasteiger charge is -2.69. The van der Waals surface area contributed by atoms with Crippen LogP contribution in [0, 0.1) is 57.2 Å². The van der Waals surface area contributed by atoms with E-state index in [1.54, 1.807) is 0 Å². The molecule has 8 aliphatic rings. The van der Waals surface area contributed by atoms with Gasteiger partial charge in [-0.1, -0.05) is 95.7 Å². The second-order valence-corrected chi connectivity index (χ2v) is 20.2. The predicted molar refractivity (Wildman–Crippen MR) is 220 cm³/mol. The largest absolute Gasteiger partial charge is 0.478 e. The zero-order valence-corrected chi connectivity index (χ0v) is 34.6. The van der Waals surface area contributed by atoms with Crippen molar-refractivity contribution in [3.05, 3.63) is 99.2 Å². The lowest BCUT2D eigenvalue weighted by Crippen LogP contribution is -2.71. The molecular weight excluding hydrogens is 731 g/mol. The Labute approximate surface area is 340 Å². The van der Waals surface area contributed by atoms with Crippen molar-refractivity contribution in [1.82, 2.24) is 0 Å². The van der Waals surface area contributed by atoms with Crippen LogP contribution in [0.4, 0.5) is 0 Å². The first kappa shape index (κ1) is 39.1. The van der Waals surface area contributed by atoms with Crippen LogP contribution in [0.2, 0.25) is 0 Å². The molecule has 0 spiro atoms. The van der Waals surface area contributed by atoms with Crippen LogP contribution in [-0.2, 0) is 14.4 Å². The van der Waals surface area contributed by atoms with Crippen molar-refractivity contribution in [3.8, 4) is 0 Å². The number of carboxylic acids is 1. The van der Waals surface area contributed by atoms with E-state index in [1.165, 1.54) is 13.0 Å². The van der Waals surface area contributed by atoms with Crippen molar-refractivity contribution >= 4 is 29.6 Å². The molecule has 0 amide bonds. The van der Waals surface area contributed by atoms with Gasteiger partial charge in [-0.3, -0.25) is 14.6 Å². The Hall–Kier alpha value is -4.38. The molecule has 306 valence electrons. The number of carbonyl (C=O) groups excluding carboxylic acids is 2.